The number of aliphatic hydroxyl groups is 1. The van der Waals surface area contributed by atoms with Crippen molar-refractivity contribution in [2.45, 2.75) is 31.9 Å². The first-order valence-electron chi connectivity index (χ1n) is 5.72. The largest absolute Gasteiger partial charge is 0.478 e. The van der Waals surface area contributed by atoms with E-state index in [9.17, 15) is 9.90 Å². The molecule has 0 atom stereocenters. The van der Waals surface area contributed by atoms with Gasteiger partial charge in [0.05, 0.1) is 17.7 Å². The van der Waals surface area contributed by atoms with Gasteiger partial charge in [0, 0.05) is 13.1 Å². The van der Waals surface area contributed by atoms with Gasteiger partial charge in [0.1, 0.15) is 12.0 Å². The predicted octanol–water partition coefficient (Wildman–Crippen LogP) is 1.32. The molecule has 1 aromatic heterocycles. The highest BCUT2D eigenvalue weighted by molar-refractivity contribution is 5.87. The first kappa shape index (κ1) is 12.1. The average Bonchev–Trinajstić information content (AvgIpc) is 2.70. The van der Waals surface area contributed by atoms with E-state index in [0.717, 1.165) is 25.9 Å². The number of likely N-dealkylation sites (tertiary alicyclic amines) is 1. The quantitative estimate of drug-likeness (QED) is 0.832. The number of carboxylic acids is 1. The zero-order valence-corrected chi connectivity index (χ0v) is 9.85. The second-order valence-corrected chi connectivity index (χ2v) is 4.88. The molecule has 0 aliphatic carbocycles. The van der Waals surface area contributed by atoms with Crippen molar-refractivity contribution in [1.82, 2.24) is 4.90 Å². The number of hydrogen-bond donors (Lipinski definition) is 2. The molecule has 0 aromatic carbocycles. The summed E-state index contributed by atoms with van der Waals surface area (Å²) in [5.41, 5.74) is -0.379. The van der Waals surface area contributed by atoms with Crippen LogP contribution in [0, 0.1) is 0 Å². The molecule has 0 spiro atoms. The fraction of sp³-hybridized carbons (Fsp3) is 0.583. The number of piperidine rings is 1. The van der Waals surface area contributed by atoms with Crippen molar-refractivity contribution < 1.29 is 19.4 Å². The SMILES string of the molecule is CC1(O)CCN(Cc2cc(C(=O)O)co2)CC1. The number of nitrogens with zero attached hydrogens (tertiary/aromatic N) is 1. The van der Waals surface area contributed by atoms with Crippen molar-refractivity contribution >= 4 is 5.97 Å². The Labute approximate surface area is 99.6 Å². The molecule has 17 heavy (non-hydrogen) atoms. The van der Waals surface area contributed by atoms with Crippen molar-refractivity contribution in [1.29, 1.82) is 0 Å². The van der Waals surface area contributed by atoms with Gasteiger partial charge in [-0.25, -0.2) is 4.79 Å². The minimum Gasteiger partial charge on any atom is -0.478 e. The molecule has 1 aliphatic heterocycles. The highest BCUT2D eigenvalue weighted by Gasteiger charge is 2.27. The van der Waals surface area contributed by atoms with Crippen LogP contribution in [0.2, 0.25) is 0 Å². The Morgan fingerprint density at radius 1 is 1.53 bits per heavy atom. The lowest BCUT2D eigenvalue weighted by Crippen LogP contribution is -2.41. The number of aromatic carboxylic acids is 1. The van der Waals surface area contributed by atoms with Gasteiger partial charge in [-0.05, 0) is 25.8 Å². The summed E-state index contributed by atoms with van der Waals surface area (Å²) in [6, 6.07) is 1.55. The molecule has 1 saturated heterocycles. The van der Waals surface area contributed by atoms with Gasteiger partial charge < -0.3 is 14.6 Å². The molecule has 2 N–H and O–H groups in total. The Bertz CT molecular complexity index is 400. The minimum atomic E-state index is -0.971. The Morgan fingerprint density at radius 3 is 2.71 bits per heavy atom. The number of rotatable bonds is 3. The Kier molecular flexibility index (Phi) is 3.22. The molecule has 0 amide bonds. The van der Waals surface area contributed by atoms with Crippen LogP contribution in [0.1, 0.15) is 35.9 Å². The molecular formula is C12H17NO4. The summed E-state index contributed by atoms with van der Waals surface area (Å²) < 4.78 is 5.20. The highest BCUT2D eigenvalue weighted by Crippen LogP contribution is 2.22. The molecule has 1 aromatic rings. The van der Waals surface area contributed by atoms with E-state index in [0.29, 0.717) is 12.3 Å². The van der Waals surface area contributed by atoms with E-state index in [2.05, 4.69) is 4.90 Å². The predicted molar refractivity (Wildman–Crippen MR) is 60.8 cm³/mol. The topological polar surface area (TPSA) is 73.9 Å². The zero-order chi connectivity index (χ0) is 12.5. The Balaban J connectivity index is 1.91. The van der Waals surface area contributed by atoms with Crippen molar-refractivity contribution in [2.75, 3.05) is 13.1 Å². The molecule has 5 nitrogen and oxygen atoms in total. The van der Waals surface area contributed by atoms with Crippen LogP contribution in [-0.2, 0) is 6.54 Å². The third-order valence-electron chi connectivity index (χ3n) is 3.21. The average molecular weight is 239 g/mol. The lowest BCUT2D eigenvalue weighted by Gasteiger charge is -2.35. The first-order chi connectivity index (χ1) is 7.96. The zero-order valence-electron chi connectivity index (χ0n) is 9.85. The molecule has 2 heterocycles. The van der Waals surface area contributed by atoms with E-state index in [4.69, 9.17) is 9.52 Å². The molecule has 2 rings (SSSR count). The summed E-state index contributed by atoms with van der Waals surface area (Å²) in [5, 5.41) is 18.6. The second kappa shape index (κ2) is 4.50. The number of furan rings is 1. The molecule has 0 radical (unpaired) electrons. The van der Waals surface area contributed by atoms with Gasteiger partial charge in [0.2, 0.25) is 0 Å². The molecule has 0 bridgehead atoms. The van der Waals surface area contributed by atoms with Crippen LogP contribution in [0.4, 0.5) is 0 Å². The van der Waals surface area contributed by atoms with Crippen molar-refractivity contribution in [3.63, 3.8) is 0 Å². The standard InChI is InChI=1S/C12H17NO4/c1-12(16)2-4-13(5-3-12)7-10-6-9(8-17-10)11(14)15/h6,8,16H,2-5,7H2,1H3,(H,14,15). The maximum atomic E-state index is 10.7. The van der Waals surface area contributed by atoms with E-state index in [1.54, 1.807) is 6.07 Å². The minimum absolute atomic E-state index is 0.184. The van der Waals surface area contributed by atoms with E-state index in [1.165, 1.54) is 6.26 Å². The van der Waals surface area contributed by atoms with Crippen molar-refractivity contribution in [3.05, 3.63) is 23.7 Å². The smallest absolute Gasteiger partial charge is 0.338 e. The fourth-order valence-corrected chi connectivity index (χ4v) is 1.99. The highest BCUT2D eigenvalue weighted by atomic mass is 16.4. The Morgan fingerprint density at radius 2 is 2.18 bits per heavy atom. The van der Waals surface area contributed by atoms with Crippen LogP contribution < -0.4 is 0 Å². The summed E-state index contributed by atoms with van der Waals surface area (Å²) in [6.07, 6.45) is 2.73. The maximum absolute atomic E-state index is 10.7. The normalized spacial score (nSPS) is 20.4. The van der Waals surface area contributed by atoms with Crippen LogP contribution in [0.5, 0.6) is 0 Å². The van der Waals surface area contributed by atoms with Gasteiger partial charge in [-0.15, -0.1) is 0 Å². The lowest BCUT2D eigenvalue weighted by atomic mass is 9.94. The van der Waals surface area contributed by atoms with E-state index in [-0.39, 0.29) is 5.56 Å². The summed E-state index contributed by atoms with van der Waals surface area (Å²) in [5.74, 6) is -0.314. The molecular weight excluding hydrogens is 222 g/mol. The van der Waals surface area contributed by atoms with E-state index >= 15 is 0 Å². The maximum Gasteiger partial charge on any atom is 0.338 e. The van der Waals surface area contributed by atoms with Crippen LogP contribution >= 0.6 is 0 Å². The molecule has 1 fully saturated rings. The van der Waals surface area contributed by atoms with Crippen LogP contribution in [0.25, 0.3) is 0 Å². The fourth-order valence-electron chi connectivity index (χ4n) is 1.99. The van der Waals surface area contributed by atoms with Gasteiger partial charge in [-0.1, -0.05) is 0 Å². The number of carboxylic acid groups (broad SMARTS) is 1. The molecule has 1 aliphatic rings. The second-order valence-electron chi connectivity index (χ2n) is 4.88. The lowest BCUT2D eigenvalue weighted by molar-refractivity contribution is -0.00870. The number of carbonyl (C=O) groups is 1. The Hall–Kier alpha value is -1.33. The van der Waals surface area contributed by atoms with E-state index in [1.807, 2.05) is 6.92 Å². The van der Waals surface area contributed by atoms with Crippen molar-refractivity contribution in [2.24, 2.45) is 0 Å². The van der Waals surface area contributed by atoms with Crippen LogP contribution in [0.15, 0.2) is 16.7 Å². The summed E-state index contributed by atoms with van der Waals surface area (Å²) in [7, 11) is 0. The van der Waals surface area contributed by atoms with Crippen LogP contribution in [0.3, 0.4) is 0 Å². The first-order valence-corrected chi connectivity index (χ1v) is 5.72. The summed E-state index contributed by atoms with van der Waals surface area (Å²) in [6.45, 7) is 4.05. The molecule has 0 saturated carbocycles. The molecule has 5 heteroatoms. The van der Waals surface area contributed by atoms with Gasteiger partial charge in [-0.3, -0.25) is 4.90 Å². The summed E-state index contributed by atoms with van der Waals surface area (Å²) >= 11 is 0. The third-order valence-corrected chi connectivity index (χ3v) is 3.21. The van der Waals surface area contributed by atoms with Gasteiger partial charge in [0.25, 0.3) is 0 Å². The van der Waals surface area contributed by atoms with E-state index < -0.39 is 11.6 Å². The van der Waals surface area contributed by atoms with Crippen LogP contribution in [-0.4, -0.2) is 39.8 Å². The molecule has 94 valence electrons. The van der Waals surface area contributed by atoms with Gasteiger partial charge in [-0.2, -0.15) is 0 Å². The monoisotopic (exact) mass is 239 g/mol. The van der Waals surface area contributed by atoms with Gasteiger partial charge in [0.15, 0.2) is 0 Å². The summed E-state index contributed by atoms with van der Waals surface area (Å²) in [4.78, 5) is 12.8. The van der Waals surface area contributed by atoms with Crippen molar-refractivity contribution in [3.8, 4) is 0 Å². The van der Waals surface area contributed by atoms with Gasteiger partial charge >= 0.3 is 5.97 Å². The third kappa shape index (κ3) is 3.08. The molecule has 0 unspecified atom stereocenters. The number of hydrogen-bond acceptors (Lipinski definition) is 4.